The number of hydrogen-bond acceptors (Lipinski definition) is 4. The second kappa shape index (κ2) is 10.3. The van der Waals surface area contributed by atoms with Crippen molar-refractivity contribution in [3.8, 4) is 0 Å². The smallest absolute Gasteiger partial charge is 0.331 e. The van der Waals surface area contributed by atoms with Gasteiger partial charge in [-0.1, -0.05) is 65.0 Å². The number of benzene rings is 1. The Kier molecular flexibility index (Phi) is 8.24. The van der Waals surface area contributed by atoms with E-state index in [4.69, 9.17) is 0 Å². The highest BCUT2D eigenvalue weighted by atomic mass is 16.4. The predicted molar refractivity (Wildman–Crippen MR) is 125 cm³/mol. The topological polar surface area (TPSA) is 98.7 Å². The minimum Gasteiger partial charge on any atom is -0.478 e. The van der Waals surface area contributed by atoms with Gasteiger partial charge in [-0.2, -0.15) is 0 Å². The minimum atomic E-state index is -1.01. The lowest BCUT2D eigenvalue weighted by molar-refractivity contribution is -0.140. The molecule has 1 aromatic carbocycles. The maximum absolute atomic E-state index is 13.5. The van der Waals surface area contributed by atoms with Crippen LogP contribution in [0.2, 0.25) is 0 Å². The molecule has 7 nitrogen and oxygen atoms in total. The number of carboxylic acid groups (broad SMARTS) is 1. The molecule has 3 N–H and O–H groups in total. The molecule has 0 saturated heterocycles. The zero-order valence-electron chi connectivity index (χ0n) is 20.2. The van der Waals surface area contributed by atoms with Crippen molar-refractivity contribution in [3.05, 3.63) is 47.0 Å². The van der Waals surface area contributed by atoms with Gasteiger partial charge in [-0.3, -0.25) is 9.59 Å². The summed E-state index contributed by atoms with van der Waals surface area (Å²) in [4.78, 5) is 39.5. The SMILES string of the molecule is C/C(=C\[C@H](C(C)C)N(C)C(=O)[C@@H](NC(=O)[C@@H]1Cc2ccccc2CN1)C(C)(C)C)C(=O)O. The lowest BCUT2D eigenvalue weighted by Crippen LogP contribution is -2.59. The van der Waals surface area contributed by atoms with Crippen molar-refractivity contribution in [2.45, 2.75) is 72.6 Å². The van der Waals surface area contributed by atoms with Crippen LogP contribution >= 0.6 is 0 Å². The van der Waals surface area contributed by atoms with Crippen molar-refractivity contribution in [2.75, 3.05) is 7.05 Å². The predicted octanol–water partition coefficient (Wildman–Crippen LogP) is 2.75. The monoisotopic (exact) mass is 443 g/mol. The van der Waals surface area contributed by atoms with Crippen LogP contribution in [0.15, 0.2) is 35.9 Å². The van der Waals surface area contributed by atoms with E-state index < -0.39 is 29.5 Å². The molecule has 0 aliphatic carbocycles. The van der Waals surface area contributed by atoms with Gasteiger partial charge in [-0.15, -0.1) is 0 Å². The highest BCUT2D eigenvalue weighted by molar-refractivity contribution is 5.91. The molecule has 0 unspecified atom stereocenters. The maximum atomic E-state index is 13.5. The van der Waals surface area contributed by atoms with Crippen LogP contribution < -0.4 is 10.6 Å². The van der Waals surface area contributed by atoms with Gasteiger partial charge < -0.3 is 20.6 Å². The van der Waals surface area contributed by atoms with Crippen molar-refractivity contribution in [1.82, 2.24) is 15.5 Å². The van der Waals surface area contributed by atoms with E-state index in [-0.39, 0.29) is 23.3 Å². The van der Waals surface area contributed by atoms with Gasteiger partial charge in [0.2, 0.25) is 11.8 Å². The summed E-state index contributed by atoms with van der Waals surface area (Å²) in [6.07, 6.45) is 2.17. The molecule has 0 fully saturated rings. The summed E-state index contributed by atoms with van der Waals surface area (Å²) < 4.78 is 0. The molecule has 3 atom stereocenters. The zero-order chi connectivity index (χ0) is 24.2. The Labute approximate surface area is 191 Å². The normalized spacial score (nSPS) is 18.5. The fraction of sp³-hybridized carbons (Fsp3) is 0.560. The second-order valence-electron chi connectivity index (χ2n) is 10.1. The summed E-state index contributed by atoms with van der Waals surface area (Å²) in [6.45, 7) is 11.7. The molecule has 0 spiro atoms. The van der Waals surface area contributed by atoms with Gasteiger partial charge in [0.1, 0.15) is 6.04 Å². The number of hydrogen-bond donors (Lipinski definition) is 3. The lowest BCUT2D eigenvalue weighted by Gasteiger charge is -2.38. The van der Waals surface area contributed by atoms with E-state index in [9.17, 15) is 19.5 Å². The quantitative estimate of drug-likeness (QED) is 0.563. The summed E-state index contributed by atoms with van der Waals surface area (Å²) in [5.74, 6) is -1.46. The van der Waals surface area contributed by atoms with Crippen molar-refractivity contribution in [3.63, 3.8) is 0 Å². The Hall–Kier alpha value is -2.67. The van der Waals surface area contributed by atoms with E-state index in [1.807, 2.05) is 58.9 Å². The summed E-state index contributed by atoms with van der Waals surface area (Å²) in [7, 11) is 1.67. The molecule has 176 valence electrons. The molecule has 1 aliphatic rings. The number of nitrogens with one attached hydrogen (secondary N) is 2. The molecule has 1 heterocycles. The Morgan fingerprint density at radius 1 is 1.19 bits per heavy atom. The first-order valence-electron chi connectivity index (χ1n) is 11.1. The van der Waals surface area contributed by atoms with Gasteiger partial charge in [0.25, 0.3) is 0 Å². The number of carbonyl (C=O) groups excluding carboxylic acids is 2. The third-order valence-electron chi connectivity index (χ3n) is 6.03. The standard InChI is InChI=1S/C25H37N3O4/c1-15(2)20(12-16(3)24(31)32)28(7)23(30)21(25(4,5)6)27-22(29)19-13-17-10-8-9-11-18(17)14-26-19/h8-12,15,19-21,26H,13-14H2,1-7H3,(H,27,29)(H,31,32)/b16-12+/t19-,20+,21+/m0/s1. The molecule has 2 rings (SSSR count). The molecular weight excluding hydrogens is 406 g/mol. The fourth-order valence-corrected chi connectivity index (χ4v) is 3.96. The average Bonchev–Trinajstić information content (AvgIpc) is 2.72. The number of amides is 2. The third kappa shape index (κ3) is 6.19. The van der Waals surface area contributed by atoms with Crippen LogP contribution in [0.4, 0.5) is 0 Å². The number of fused-ring (bicyclic) bond motifs is 1. The first kappa shape index (κ1) is 25.6. The maximum Gasteiger partial charge on any atom is 0.331 e. The number of nitrogens with zero attached hydrogens (tertiary/aromatic N) is 1. The minimum absolute atomic E-state index is 0.00563. The molecule has 1 aliphatic heterocycles. The summed E-state index contributed by atoms with van der Waals surface area (Å²) in [6, 6.07) is 6.46. The number of rotatable bonds is 7. The largest absolute Gasteiger partial charge is 0.478 e. The number of aliphatic carboxylic acids is 1. The molecular formula is C25H37N3O4. The van der Waals surface area contributed by atoms with Crippen LogP contribution in [0.1, 0.15) is 52.7 Å². The first-order chi connectivity index (χ1) is 14.8. The average molecular weight is 444 g/mol. The fourth-order valence-electron chi connectivity index (χ4n) is 3.96. The van der Waals surface area contributed by atoms with Gasteiger partial charge in [-0.25, -0.2) is 4.79 Å². The van der Waals surface area contributed by atoms with Gasteiger partial charge in [0, 0.05) is 19.2 Å². The van der Waals surface area contributed by atoms with Gasteiger partial charge in [-0.05, 0) is 35.8 Å². The van der Waals surface area contributed by atoms with E-state index >= 15 is 0 Å². The van der Waals surface area contributed by atoms with E-state index in [0.29, 0.717) is 13.0 Å². The number of carbonyl (C=O) groups is 3. The molecule has 0 bridgehead atoms. The van der Waals surface area contributed by atoms with E-state index in [1.54, 1.807) is 18.0 Å². The van der Waals surface area contributed by atoms with Crippen molar-refractivity contribution in [2.24, 2.45) is 11.3 Å². The zero-order valence-corrected chi connectivity index (χ0v) is 20.2. The Morgan fingerprint density at radius 3 is 2.31 bits per heavy atom. The second-order valence-corrected chi connectivity index (χ2v) is 10.1. The van der Waals surface area contributed by atoms with Crippen molar-refractivity contribution < 1.29 is 19.5 Å². The highest BCUT2D eigenvalue weighted by Gasteiger charge is 2.38. The van der Waals surface area contributed by atoms with E-state index in [0.717, 1.165) is 5.56 Å². The van der Waals surface area contributed by atoms with Crippen LogP contribution in [0.3, 0.4) is 0 Å². The van der Waals surface area contributed by atoms with Crippen LogP contribution in [-0.4, -0.2) is 53.0 Å². The summed E-state index contributed by atoms with van der Waals surface area (Å²) >= 11 is 0. The Bertz CT molecular complexity index is 885. The molecule has 7 heteroatoms. The third-order valence-corrected chi connectivity index (χ3v) is 6.03. The molecule has 1 aromatic rings. The lowest BCUT2D eigenvalue weighted by atomic mass is 9.84. The van der Waals surface area contributed by atoms with Crippen LogP contribution in [0, 0.1) is 11.3 Å². The Morgan fingerprint density at radius 2 is 1.78 bits per heavy atom. The van der Waals surface area contributed by atoms with Crippen molar-refractivity contribution in [1.29, 1.82) is 0 Å². The molecule has 0 radical (unpaired) electrons. The van der Waals surface area contributed by atoms with E-state index in [1.165, 1.54) is 12.5 Å². The highest BCUT2D eigenvalue weighted by Crippen LogP contribution is 2.24. The van der Waals surface area contributed by atoms with E-state index in [2.05, 4.69) is 10.6 Å². The van der Waals surface area contributed by atoms with Crippen LogP contribution in [0.5, 0.6) is 0 Å². The first-order valence-corrected chi connectivity index (χ1v) is 11.1. The number of likely N-dealkylation sites (N-methyl/N-ethyl adjacent to an activating group) is 1. The van der Waals surface area contributed by atoms with Gasteiger partial charge in [0.15, 0.2) is 0 Å². The van der Waals surface area contributed by atoms with Crippen LogP contribution in [0.25, 0.3) is 0 Å². The number of carboxylic acids is 1. The van der Waals surface area contributed by atoms with Gasteiger partial charge >= 0.3 is 5.97 Å². The van der Waals surface area contributed by atoms with Crippen molar-refractivity contribution >= 4 is 17.8 Å². The Balaban J connectivity index is 2.22. The molecule has 0 saturated carbocycles. The molecule has 2 amide bonds. The molecule has 0 aromatic heterocycles. The van der Waals surface area contributed by atoms with Gasteiger partial charge in [0.05, 0.1) is 12.1 Å². The molecule has 32 heavy (non-hydrogen) atoms. The van der Waals surface area contributed by atoms with Crippen LogP contribution in [-0.2, 0) is 27.3 Å². The summed E-state index contributed by atoms with van der Waals surface area (Å²) in [5, 5.41) is 15.5. The summed E-state index contributed by atoms with van der Waals surface area (Å²) in [5.41, 5.74) is 1.97.